The van der Waals surface area contributed by atoms with Crippen LogP contribution >= 0.6 is 11.8 Å². The number of ether oxygens (including phenoxy) is 1. The molecule has 1 saturated heterocycles. The van der Waals surface area contributed by atoms with Crippen molar-refractivity contribution in [3.8, 4) is 5.75 Å². The Bertz CT molecular complexity index is 805. The molecule has 2 unspecified atom stereocenters. The van der Waals surface area contributed by atoms with E-state index in [9.17, 15) is 4.79 Å². The number of aromatic nitrogens is 3. The van der Waals surface area contributed by atoms with Gasteiger partial charge in [-0.2, -0.15) is 0 Å². The van der Waals surface area contributed by atoms with Gasteiger partial charge in [0.1, 0.15) is 5.75 Å². The largest absolute Gasteiger partial charge is 0.481 e. The lowest BCUT2D eigenvalue weighted by atomic mass is 10.1. The summed E-state index contributed by atoms with van der Waals surface area (Å²) in [4.78, 5) is 14.9. The van der Waals surface area contributed by atoms with Crippen molar-refractivity contribution in [3.05, 3.63) is 35.2 Å². The maximum atomic E-state index is 13.0. The maximum Gasteiger partial charge on any atom is 0.263 e. The van der Waals surface area contributed by atoms with Gasteiger partial charge in [-0.1, -0.05) is 17.8 Å². The normalized spacial score (nSPS) is 18.2. The fourth-order valence-corrected chi connectivity index (χ4v) is 3.86. The van der Waals surface area contributed by atoms with Crippen LogP contribution in [0, 0.1) is 13.8 Å². The minimum Gasteiger partial charge on any atom is -0.481 e. The zero-order valence-corrected chi connectivity index (χ0v) is 16.8. The third-order valence-corrected chi connectivity index (χ3v) is 5.74. The molecule has 1 aromatic heterocycles. The first-order valence-electron chi connectivity index (χ1n) is 8.90. The number of likely N-dealkylation sites (tertiary alicyclic amines) is 1. The van der Waals surface area contributed by atoms with Crippen LogP contribution in [0.25, 0.3) is 0 Å². The molecule has 2 atom stereocenters. The molecule has 140 valence electrons. The van der Waals surface area contributed by atoms with Gasteiger partial charge in [0.2, 0.25) is 0 Å². The molecule has 0 N–H and O–H groups in total. The van der Waals surface area contributed by atoms with E-state index in [0.29, 0.717) is 0 Å². The number of thioether (sulfide) groups is 1. The number of carbonyl (C=O) groups is 1. The summed E-state index contributed by atoms with van der Waals surface area (Å²) < 4.78 is 7.91. The maximum absolute atomic E-state index is 13.0. The molecule has 0 spiro atoms. The summed E-state index contributed by atoms with van der Waals surface area (Å²) >= 11 is 1.56. The lowest BCUT2D eigenvalue weighted by Gasteiger charge is -2.27. The van der Waals surface area contributed by atoms with Crippen LogP contribution in [0.3, 0.4) is 0 Å². The lowest BCUT2D eigenvalue weighted by Crippen LogP contribution is -2.40. The third kappa shape index (κ3) is 3.58. The van der Waals surface area contributed by atoms with E-state index < -0.39 is 6.10 Å². The van der Waals surface area contributed by atoms with E-state index >= 15 is 0 Å². The van der Waals surface area contributed by atoms with Crippen LogP contribution in [0.1, 0.15) is 42.8 Å². The van der Waals surface area contributed by atoms with Gasteiger partial charge in [-0.05, 0) is 63.1 Å². The molecule has 3 rings (SSSR count). The minimum absolute atomic E-state index is 0.000528. The zero-order chi connectivity index (χ0) is 18.8. The quantitative estimate of drug-likeness (QED) is 0.752. The van der Waals surface area contributed by atoms with Crippen molar-refractivity contribution in [2.75, 3.05) is 12.8 Å². The molecule has 7 heteroatoms. The summed E-state index contributed by atoms with van der Waals surface area (Å²) in [5, 5.41) is 9.39. The molecule has 1 aliphatic rings. The smallest absolute Gasteiger partial charge is 0.263 e. The molecule has 0 bridgehead atoms. The molecular weight excluding hydrogens is 348 g/mol. The van der Waals surface area contributed by atoms with Gasteiger partial charge < -0.3 is 14.2 Å². The Morgan fingerprint density at radius 2 is 2.08 bits per heavy atom. The van der Waals surface area contributed by atoms with Gasteiger partial charge in [-0.3, -0.25) is 4.79 Å². The van der Waals surface area contributed by atoms with Crippen molar-refractivity contribution in [1.29, 1.82) is 0 Å². The first kappa shape index (κ1) is 18.8. The molecule has 1 amide bonds. The number of carbonyl (C=O) groups excluding carboxylic acids is 1. The minimum atomic E-state index is -0.536. The second-order valence-corrected chi connectivity index (χ2v) is 7.57. The fourth-order valence-electron chi connectivity index (χ4n) is 3.37. The number of rotatable bonds is 5. The summed E-state index contributed by atoms with van der Waals surface area (Å²) in [5.74, 6) is 1.58. The van der Waals surface area contributed by atoms with E-state index in [1.165, 1.54) is 5.56 Å². The summed E-state index contributed by atoms with van der Waals surface area (Å²) in [6, 6.07) is 5.88. The predicted molar refractivity (Wildman–Crippen MR) is 102 cm³/mol. The van der Waals surface area contributed by atoms with Crippen LogP contribution in [0.4, 0.5) is 0 Å². The third-order valence-electron chi connectivity index (χ3n) is 5.02. The highest BCUT2D eigenvalue weighted by atomic mass is 32.2. The predicted octanol–water partition coefficient (Wildman–Crippen LogP) is 3.28. The molecule has 26 heavy (non-hydrogen) atoms. The second-order valence-electron chi connectivity index (χ2n) is 6.80. The highest BCUT2D eigenvalue weighted by Crippen LogP contribution is 2.32. The van der Waals surface area contributed by atoms with Gasteiger partial charge in [-0.25, -0.2) is 0 Å². The summed E-state index contributed by atoms with van der Waals surface area (Å²) in [7, 11) is 1.96. The Hall–Kier alpha value is -2.02. The van der Waals surface area contributed by atoms with Crippen molar-refractivity contribution in [1.82, 2.24) is 19.7 Å². The van der Waals surface area contributed by atoms with Crippen LogP contribution in [-0.2, 0) is 11.8 Å². The Kier molecular flexibility index (Phi) is 5.55. The first-order chi connectivity index (χ1) is 12.4. The lowest BCUT2D eigenvalue weighted by molar-refractivity contribution is -0.139. The molecule has 6 nitrogen and oxygen atoms in total. The fraction of sp³-hybridized carbons (Fsp3) is 0.526. The Balaban J connectivity index is 1.74. The Morgan fingerprint density at radius 3 is 2.73 bits per heavy atom. The Morgan fingerprint density at radius 1 is 1.31 bits per heavy atom. The molecule has 1 aliphatic heterocycles. The molecular formula is C19H26N4O2S. The number of hydrogen-bond donors (Lipinski definition) is 0. The van der Waals surface area contributed by atoms with Crippen molar-refractivity contribution >= 4 is 17.7 Å². The van der Waals surface area contributed by atoms with Gasteiger partial charge in [-0.15, -0.1) is 10.2 Å². The molecule has 0 aliphatic carbocycles. The molecule has 0 saturated carbocycles. The van der Waals surface area contributed by atoms with Gasteiger partial charge in [0.25, 0.3) is 5.91 Å². The van der Waals surface area contributed by atoms with Gasteiger partial charge >= 0.3 is 0 Å². The van der Waals surface area contributed by atoms with Gasteiger partial charge in [0, 0.05) is 13.6 Å². The molecule has 0 radical (unpaired) electrons. The molecule has 2 aromatic rings. The standard InChI is InChI=1S/C19H26N4O2S/c1-12-8-9-15(11-13(12)2)25-14(3)18(24)23-10-6-7-16(23)17-20-21-19(26-5)22(17)4/h8-9,11,14,16H,6-7,10H2,1-5H3. The zero-order valence-electron chi connectivity index (χ0n) is 16.0. The van der Waals surface area contributed by atoms with E-state index in [1.807, 2.05) is 54.8 Å². The average molecular weight is 375 g/mol. The number of nitrogens with zero attached hydrogens (tertiary/aromatic N) is 4. The Labute approximate surface area is 158 Å². The van der Waals surface area contributed by atoms with Gasteiger partial charge in [0.15, 0.2) is 17.1 Å². The number of aryl methyl sites for hydroxylation is 2. The van der Waals surface area contributed by atoms with Crippen LogP contribution in [0.2, 0.25) is 0 Å². The highest BCUT2D eigenvalue weighted by Gasteiger charge is 2.36. The number of amides is 1. The van der Waals surface area contributed by atoms with Crippen molar-refractivity contribution in [2.45, 2.75) is 50.9 Å². The van der Waals surface area contributed by atoms with Crippen molar-refractivity contribution in [3.63, 3.8) is 0 Å². The summed E-state index contributed by atoms with van der Waals surface area (Å²) in [6.07, 6.45) is 3.31. The molecule has 1 fully saturated rings. The highest BCUT2D eigenvalue weighted by molar-refractivity contribution is 7.98. The summed E-state index contributed by atoms with van der Waals surface area (Å²) in [6.45, 7) is 6.65. The van der Waals surface area contributed by atoms with Crippen molar-refractivity contribution in [2.24, 2.45) is 7.05 Å². The van der Waals surface area contributed by atoms with E-state index in [-0.39, 0.29) is 11.9 Å². The van der Waals surface area contributed by atoms with Gasteiger partial charge in [0.05, 0.1) is 6.04 Å². The average Bonchev–Trinajstić information content (AvgIpc) is 3.23. The van der Waals surface area contributed by atoms with Crippen LogP contribution in [0.15, 0.2) is 23.4 Å². The van der Waals surface area contributed by atoms with E-state index in [4.69, 9.17) is 4.74 Å². The van der Waals surface area contributed by atoms with Crippen LogP contribution in [0.5, 0.6) is 5.75 Å². The second kappa shape index (κ2) is 7.70. The van der Waals surface area contributed by atoms with E-state index in [0.717, 1.165) is 41.7 Å². The molecule has 2 heterocycles. The van der Waals surface area contributed by atoms with E-state index in [2.05, 4.69) is 17.1 Å². The van der Waals surface area contributed by atoms with Crippen LogP contribution in [-0.4, -0.2) is 44.5 Å². The first-order valence-corrected chi connectivity index (χ1v) is 10.1. The summed E-state index contributed by atoms with van der Waals surface area (Å²) in [5.41, 5.74) is 2.37. The van der Waals surface area contributed by atoms with Crippen LogP contribution < -0.4 is 4.74 Å². The topological polar surface area (TPSA) is 60.3 Å². The van der Waals surface area contributed by atoms with E-state index in [1.54, 1.807) is 11.8 Å². The number of hydrogen-bond acceptors (Lipinski definition) is 5. The van der Waals surface area contributed by atoms with Crippen molar-refractivity contribution < 1.29 is 9.53 Å². The SMILES string of the molecule is CSc1nnc(C2CCCN2C(=O)C(C)Oc2ccc(C)c(C)c2)n1C. The monoisotopic (exact) mass is 374 g/mol. The molecule has 1 aromatic carbocycles. The number of benzene rings is 1.